The van der Waals surface area contributed by atoms with Crippen LogP contribution in [-0.2, 0) is 10.0 Å². The van der Waals surface area contributed by atoms with Crippen molar-refractivity contribution in [2.45, 2.75) is 18.2 Å². The van der Waals surface area contributed by atoms with Gasteiger partial charge < -0.3 is 4.90 Å². The Morgan fingerprint density at radius 1 is 1.00 bits per heavy atom. The maximum absolute atomic E-state index is 13.4. The zero-order chi connectivity index (χ0) is 18.7. The molecule has 2 aromatic carbocycles. The summed E-state index contributed by atoms with van der Waals surface area (Å²) in [5, 5.41) is 0. The number of rotatable bonds is 3. The van der Waals surface area contributed by atoms with Crippen LogP contribution in [0.1, 0.15) is 22.3 Å². The van der Waals surface area contributed by atoms with Gasteiger partial charge in [0.05, 0.1) is 4.90 Å². The molecule has 1 fully saturated rings. The van der Waals surface area contributed by atoms with E-state index in [-0.39, 0.29) is 17.3 Å². The Kier molecular flexibility index (Phi) is 5.38. The number of benzene rings is 2. The van der Waals surface area contributed by atoms with Crippen molar-refractivity contribution in [1.29, 1.82) is 0 Å². The van der Waals surface area contributed by atoms with Crippen molar-refractivity contribution in [2.24, 2.45) is 0 Å². The molecule has 5 nitrogen and oxygen atoms in total. The van der Waals surface area contributed by atoms with Gasteiger partial charge in [-0.1, -0.05) is 23.8 Å². The topological polar surface area (TPSA) is 57.7 Å². The number of aryl methyl sites for hydroxylation is 1. The third kappa shape index (κ3) is 3.94. The Hall–Kier alpha value is -2.25. The Balaban J connectivity index is 1.75. The molecule has 0 aromatic heterocycles. The van der Waals surface area contributed by atoms with Crippen LogP contribution in [0.15, 0.2) is 53.4 Å². The van der Waals surface area contributed by atoms with Crippen molar-refractivity contribution >= 4 is 15.9 Å². The number of nitrogens with zero attached hydrogens (tertiary/aromatic N) is 2. The molecule has 7 heteroatoms. The van der Waals surface area contributed by atoms with E-state index in [0.717, 1.165) is 11.6 Å². The summed E-state index contributed by atoms with van der Waals surface area (Å²) < 4.78 is 40.2. The Labute approximate surface area is 153 Å². The van der Waals surface area contributed by atoms with Gasteiger partial charge in [-0.2, -0.15) is 4.31 Å². The molecule has 1 aliphatic heterocycles. The van der Waals surface area contributed by atoms with Crippen LogP contribution in [0.2, 0.25) is 0 Å². The molecule has 3 rings (SSSR count). The summed E-state index contributed by atoms with van der Waals surface area (Å²) >= 11 is 0. The summed E-state index contributed by atoms with van der Waals surface area (Å²) in [6, 6.07) is 12.4. The van der Waals surface area contributed by atoms with Crippen LogP contribution in [0, 0.1) is 12.7 Å². The van der Waals surface area contributed by atoms with Crippen molar-refractivity contribution in [2.75, 3.05) is 26.2 Å². The fraction of sp³-hybridized carbons (Fsp3) is 0.316. The molecule has 0 bridgehead atoms. The first-order valence-electron chi connectivity index (χ1n) is 8.49. The first-order chi connectivity index (χ1) is 12.4. The molecule has 1 amide bonds. The Morgan fingerprint density at radius 2 is 1.77 bits per heavy atom. The van der Waals surface area contributed by atoms with Crippen molar-refractivity contribution in [3.8, 4) is 0 Å². The first kappa shape index (κ1) is 18.5. The van der Waals surface area contributed by atoms with Gasteiger partial charge in [0.2, 0.25) is 10.0 Å². The van der Waals surface area contributed by atoms with Crippen molar-refractivity contribution in [1.82, 2.24) is 9.21 Å². The molecule has 2 aromatic rings. The number of halogens is 1. The highest BCUT2D eigenvalue weighted by atomic mass is 32.2. The van der Waals surface area contributed by atoms with E-state index < -0.39 is 15.8 Å². The summed E-state index contributed by atoms with van der Waals surface area (Å²) in [7, 11) is -3.77. The second kappa shape index (κ2) is 7.55. The van der Waals surface area contributed by atoms with Crippen LogP contribution < -0.4 is 0 Å². The Bertz CT molecular complexity index is 915. The average molecular weight is 376 g/mol. The second-order valence-electron chi connectivity index (χ2n) is 6.38. The van der Waals surface area contributed by atoms with E-state index >= 15 is 0 Å². The lowest BCUT2D eigenvalue weighted by molar-refractivity contribution is 0.0764. The summed E-state index contributed by atoms with van der Waals surface area (Å²) in [6.45, 7) is 3.21. The third-order valence-corrected chi connectivity index (χ3v) is 6.34. The van der Waals surface area contributed by atoms with Crippen LogP contribution in [0.4, 0.5) is 4.39 Å². The first-order valence-corrected chi connectivity index (χ1v) is 9.93. The van der Waals surface area contributed by atoms with Gasteiger partial charge in [0.1, 0.15) is 5.82 Å². The standard InChI is InChI=1S/C19H21FN2O3S/c1-15-5-2-6-16(13-15)19(23)21-9-4-10-22(12-11-21)26(24,25)18-8-3-7-17(20)14-18/h2-3,5-8,13-14H,4,9-12H2,1H3. The summed E-state index contributed by atoms with van der Waals surface area (Å²) in [5.41, 5.74) is 1.60. The van der Waals surface area contributed by atoms with Crippen molar-refractivity contribution in [3.05, 3.63) is 65.5 Å². The minimum Gasteiger partial charge on any atom is -0.337 e. The highest BCUT2D eigenvalue weighted by molar-refractivity contribution is 7.89. The number of hydrogen-bond acceptors (Lipinski definition) is 3. The van der Waals surface area contributed by atoms with Gasteiger partial charge in [-0.25, -0.2) is 12.8 Å². The summed E-state index contributed by atoms with van der Waals surface area (Å²) in [5.74, 6) is -0.684. The maximum Gasteiger partial charge on any atom is 0.253 e. The number of amides is 1. The lowest BCUT2D eigenvalue weighted by Gasteiger charge is -2.22. The molecule has 1 heterocycles. The Morgan fingerprint density at radius 3 is 2.50 bits per heavy atom. The lowest BCUT2D eigenvalue weighted by Crippen LogP contribution is -2.37. The van der Waals surface area contributed by atoms with E-state index in [2.05, 4.69) is 0 Å². The minimum atomic E-state index is -3.77. The van der Waals surface area contributed by atoms with E-state index in [1.54, 1.807) is 11.0 Å². The summed E-state index contributed by atoms with van der Waals surface area (Å²) in [6.07, 6.45) is 0.534. The van der Waals surface area contributed by atoms with Gasteiger partial charge >= 0.3 is 0 Å². The zero-order valence-corrected chi connectivity index (χ0v) is 15.4. The van der Waals surface area contributed by atoms with E-state index in [4.69, 9.17) is 0 Å². The summed E-state index contributed by atoms with van der Waals surface area (Å²) in [4.78, 5) is 14.3. The molecule has 0 unspecified atom stereocenters. The molecule has 0 saturated carbocycles. The van der Waals surface area contributed by atoms with Crippen LogP contribution in [0.3, 0.4) is 0 Å². The molecular formula is C19H21FN2O3S. The molecular weight excluding hydrogens is 355 g/mol. The van der Waals surface area contributed by atoms with Gasteiger partial charge in [0.25, 0.3) is 5.91 Å². The predicted molar refractivity (Wildman–Crippen MR) is 96.9 cm³/mol. The quantitative estimate of drug-likeness (QED) is 0.828. The van der Waals surface area contributed by atoms with E-state index in [1.807, 2.05) is 25.1 Å². The number of sulfonamides is 1. The predicted octanol–water partition coefficient (Wildman–Crippen LogP) is 2.67. The van der Waals surface area contributed by atoms with E-state index in [1.165, 1.54) is 22.5 Å². The van der Waals surface area contributed by atoms with Crippen LogP contribution in [-0.4, -0.2) is 49.7 Å². The van der Waals surface area contributed by atoms with Crippen LogP contribution in [0.25, 0.3) is 0 Å². The average Bonchev–Trinajstić information content (AvgIpc) is 2.88. The van der Waals surface area contributed by atoms with Crippen LogP contribution in [0.5, 0.6) is 0 Å². The van der Waals surface area contributed by atoms with Gasteiger partial charge in [-0.15, -0.1) is 0 Å². The maximum atomic E-state index is 13.4. The van der Waals surface area contributed by atoms with E-state index in [0.29, 0.717) is 31.6 Å². The fourth-order valence-electron chi connectivity index (χ4n) is 3.07. The van der Waals surface area contributed by atoms with Crippen molar-refractivity contribution < 1.29 is 17.6 Å². The highest BCUT2D eigenvalue weighted by Gasteiger charge is 2.28. The molecule has 1 aliphatic rings. The molecule has 0 atom stereocenters. The molecule has 0 spiro atoms. The SMILES string of the molecule is Cc1cccc(C(=O)N2CCCN(S(=O)(=O)c3cccc(F)c3)CC2)c1. The highest BCUT2D eigenvalue weighted by Crippen LogP contribution is 2.19. The smallest absolute Gasteiger partial charge is 0.253 e. The molecule has 1 saturated heterocycles. The van der Waals surface area contributed by atoms with Crippen LogP contribution >= 0.6 is 0 Å². The fourth-order valence-corrected chi connectivity index (χ4v) is 4.58. The number of carbonyl (C=O) groups is 1. The molecule has 138 valence electrons. The lowest BCUT2D eigenvalue weighted by atomic mass is 10.1. The largest absolute Gasteiger partial charge is 0.337 e. The minimum absolute atomic E-state index is 0.0593. The molecule has 0 radical (unpaired) electrons. The molecule has 0 N–H and O–H groups in total. The monoisotopic (exact) mass is 376 g/mol. The molecule has 26 heavy (non-hydrogen) atoms. The zero-order valence-electron chi connectivity index (χ0n) is 14.6. The van der Waals surface area contributed by atoms with Gasteiger partial charge in [-0.05, 0) is 43.7 Å². The van der Waals surface area contributed by atoms with Gasteiger partial charge in [0, 0.05) is 31.7 Å². The van der Waals surface area contributed by atoms with E-state index in [9.17, 15) is 17.6 Å². The van der Waals surface area contributed by atoms with Gasteiger partial charge in [0.15, 0.2) is 0 Å². The van der Waals surface area contributed by atoms with Crippen molar-refractivity contribution in [3.63, 3.8) is 0 Å². The normalized spacial score (nSPS) is 16.3. The number of carbonyl (C=O) groups excluding carboxylic acids is 1. The van der Waals surface area contributed by atoms with Gasteiger partial charge in [-0.3, -0.25) is 4.79 Å². The second-order valence-corrected chi connectivity index (χ2v) is 8.31. The molecule has 0 aliphatic carbocycles. The number of hydrogen-bond donors (Lipinski definition) is 0. The third-order valence-electron chi connectivity index (χ3n) is 4.44.